The molecule has 4 heteroatoms. The monoisotopic (exact) mass is 235 g/mol. The fourth-order valence-corrected chi connectivity index (χ4v) is 2.26. The smallest absolute Gasteiger partial charge is 0.125 e. The third-order valence-corrected chi connectivity index (χ3v) is 3.16. The Balaban J connectivity index is 2.50. The zero-order chi connectivity index (χ0) is 12.4. The van der Waals surface area contributed by atoms with Gasteiger partial charge in [-0.25, -0.2) is 9.37 Å². The number of rotatable bonds is 4. The molecule has 3 nitrogen and oxygen atoms in total. The quantitative estimate of drug-likeness (QED) is 0.885. The van der Waals surface area contributed by atoms with Gasteiger partial charge in [-0.3, -0.25) is 0 Å². The highest BCUT2D eigenvalue weighted by atomic mass is 19.1. The van der Waals surface area contributed by atoms with Crippen LogP contribution in [0, 0.1) is 5.82 Å². The molecule has 0 radical (unpaired) electrons. The molecule has 0 bridgehead atoms. The number of fused-ring (bicyclic) bond motifs is 1. The first-order chi connectivity index (χ1) is 8.17. The first-order valence-corrected chi connectivity index (χ1v) is 5.99. The van der Waals surface area contributed by atoms with E-state index in [2.05, 4.69) is 11.9 Å². The van der Waals surface area contributed by atoms with Gasteiger partial charge >= 0.3 is 0 Å². The number of halogens is 1. The molecule has 0 saturated carbocycles. The molecule has 0 saturated heterocycles. The van der Waals surface area contributed by atoms with Gasteiger partial charge in [0.25, 0.3) is 0 Å². The lowest BCUT2D eigenvalue weighted by atomic mass is 10.0. The van der Waals surface area contributed by atoms with E-state index in [0.717, 1.165) is 24.2 Å². The van der Waals surface area contributed by atoms with E-state index < -0.39 is 0 Å². The lowest BCUT2D eigenvalue weighted by molar-refractivity contribution is 0.572. The summed E-state index contributed by atoms with van der Waals surface area (Å²) < 4.78 is 15.2. The minimum atomic E-state index is -0.248. The average Bonchev–Trinajstić information content (AvgIpc) is 2.63. The van der Waals surface area contributed by atoms with Crippen LogP contribution in [0.3, 0.4) is 0 Å². The van der Waals surface area contributed by atoms with Crippen molar-refractivity contribution in [2.24, 2.45) is 12.8 Å². The summed E-state index contributed by atoms with van der Waals surface area (Å²) in [5, 5.41) is 0. The summed E-state index contributed by atoms with van der Waals surface area (Å²) in [6, 6.07) is 4.70. The first-order valence-electron chi connectivity index (χ1n) is 5.99. The van der Waals surface area contributed by atoms with E-state index in [9.17, 15) is 4.39 Å². The molecule has 2 N–H and O–H groups in total. The first kappa shape index (κ1) is 12.0. The maximum absolute atomic E-state index is 13.1. The number of aromatic nitrogens is 2. The molecule has 0 aliphatic carbocycles. The summed E-state index contributed by atoms with van der Waals surface area (Å²) >= 11 is 0. The summed E-state index contributed by atoms with van der Waals surface area (Å²) in [5.41, 5.74) is 7.44. The summed E-state index contributed by atoms with van der Waals surface area (Å²) in [5.74, 6) is 0.956. The van der Waals surface area contributed by atoms with Gasteiger partial charge in [0.2, 0.25) is 0 Å². The topological polar surface area (TPSA) is 43.8 Å². The molecule has 1 heterocycles. The van der Waals surface area contributed by atoms with Crippen molar-refractivity contribution in [1.82, 2.24) is 9.55 Å². The van der Waals surface area contributed by atoms with Gasteiger partial charge in [-0.15, -0.1) is 0 Å². The number of benzene rings is 1. The van der Waals surface area contributed by atoms with Crippen molar-refractivity contribution in [3.63, 3.8) is 0 Å². The number of hydrogen-bond donors (Lipinski definition) is 1. The van der Waals surface area contributed by atoms with Crippen LogP contribution >= 0.6 is 0 Å². The van der Waals surface area contributed by atoms with Gasteiger partial charge in [-0.2, -0.15) is 0 Å². The van der Waals surface area contributed by atoms with Crippen molar-refractivity contribution in [1.29, 1.82) is 0 Å². The molecule has 0 amide bonds. The fourth-order valence-electron chi connectivity index (χ4n) is 2.26. The zero-order valence-electron chi connectivity index (χ0n) is 10.3. The highest BCUT2D eigenvalue weighted by Gasteiger charge is 2.16. The molecule has 1 atom stereocenters. The standard InChI is InChI=1S/C13H18FN3/c1-3-4-9(8-15)13-16-11-7-10(14)5-6-12(11)17(13)2/h5-7,9H,3-4,8,15H2,1-2H3. The Bertz CT molecular complexity index is 519. The molecule has 1 aromatic heterocycles. The Hall–Kier alpha value is -1.42. The number of nitrogens with two attached hydrogens (primary N) is 1. The highest BCUT2D eigenvalue weighted by Crippen LogP contribution is 2.24. The molecule has 0 aliphatic rings. The number of hydrogen-bond acceptors (Lipinski definition) is 2. The van der Waals surface area contributed by atoms with E-state index in [0.29, 0.717) is 12.1 Å². The van der Waals surface area contributed by atoms with Crippen molar-refractivity contribution in [2.75, 3.05) is 6.54 Å². The molecule has 0 spiro atoms. The van der Waals surface area contributed by atoms with Crippen molar-refractivity contribution < 1.29 is 4.39 Å². The average molecular weight is 235 g/mol. The largest absolute Gasteiger partial charge is 0.331 e. The van der Waals surface area contributed by atoms with Crippen LogP contribution < -0.4 is 5.73 Å². The molecule has 17 heavy (non-hydrogen) atoms. The van der Waals surface area contributed by atoms with Gasteiger partial charge in [0.1, 0.15) is 11.6 Å². The second-order valence-corrected chi connectivity index (χ2v) is 4.38. The Morgan fingerprint density at radius 3 is 2.88 bits per heavy atom. The number of nitrogens with zero attached hydrogens (tertiary/aromatic N) is 2. The number of imidazole rings is 1. The minimum Gasteiger partial charge on any atom is -0.331 e. The van der Waals surface area contributed by atoms with Gasteiger partial charge in [-0.1, -0.05) is 13.3 Å². The van der Waals surface area contributed by atoms with Crippen LogP contribution in [0.5, 0.6) is 0 Å². The normalized spacial score (nSPS) is 13.2. The highest BCUT2D eigenvalue weighted by molar-refractivity contribution is 5.76. The maximum Gasteiger partial charge on any atom is 0.125 e. The van der Waals surface area contributed by atoms with E-state index in [1.165, 1.54) is 12.1 Å². The Morgan fingerprint density at radius 2 is 2.24 bits per heavy atom. The molecular weight excluding hydrogens is 217 g/mol. The van der Waals surface area contributed by atoms with E-state index in [-0.39, 0.29) is 11.7 Å². The van der Waals surface area contributed by atoms with Crippen molar-refractivity contribution in [3.05, 3.63) is 29.8 Å². The lowest BCUT2D eigenvalue weighted by Gasteiger charge is -2.13. The van der Waals surface area contributed by atoms with E-state index in [1.54, 1.807) is 6.07 Å². The van der Waals surface area contributed by atoms with Crippen molar-refractivity contribution in [2.45, 2.75) is 25.7 Å². The molecule has 0 fully saturated rings. The fraction of sp³-hybridized carbons (Fsp3) is 0.462. The van der Waals surface area contributed by atoms with Gasteiger partial charge in [0.15, 0.2) is 0 Å². The minimum absolute atomic E-state index is 0.248. The predicted molar refractivity (Wildman–Crippen MR) is 67.4 cm³/mol. The predicted octanol–water partition coefficient (Wildman–Crippen LogP) is 2.55. The second kappa shape index (κ2) is 4.84. The third-order valence-electron chi connectivity index (χ3n) is 3.16. The van der Waals surface area contributed by atoms with Crippen molar-refractivity contribution >= 4 is 11.0 Å². The second-order valence-electron chi connectivity index (χ2n) is 4.38. The van der Waals surface area contributed by atoms with Crippen LogP contribution in [0.2, 0.25) is 0 Å². The van der Waals surface area contributed by atoms with Crippen LogP contribution in [-0.2, 0) is 7.05 Å². The van der Waals surface area contributed by atoms with Gasteiger partial charge < -0.3 is 10.3 Å². The molecule has 2 rings (SSSR count). The SMILES string of the molecule is CCCC(CN)c1nc2cc(F)ccc2n1C. The van der Waals surface area contributed by atoms with Crippen LogP contribution in [0.4, 0.5) is 4.39 Å². The molecule has 2 aromatic rings. The Kier molecular flexibility index (Phi) is 3.43. The summed E-state index contributed by atoms with van der Waals surface area (Å²) in [6.45, 7) is 2.71. The van der Waals surface area contributed by atoms with Crippen LogP contribution in [0.15, 0.2) is 18.2 Å². The molecule has 92 valence electrons. The van der Waals surface area contributed by atoms with Crippen LogP contribution in [-0.4, -0.2) is 16.1 Å². The summed E-state index contributed by atoms with van der Waals surface area (Å²) in [7, 11) is 1.96. The summed E-state index contributed by atoms with van der Waals surface area (Å²) in [6.07, 6.45) is 2.08. The van der Waals surface area contributed by atoms with Gasteiger partial charge in [0, 0.05) is 25.6 Å². The molecule has 1 unspecified atom stereocenters. The zero-order valence-corrected chi connectivity index (χ0v) is 10.3. The summed E-state index contributed by atoms with van der Waals surface area (Å²) in [4.78, 5) is 4.51. The Labute approximate surface area is 100 Å². The van der Waals surface area contributed by atoms with E-state index in [4.69, 9.17) is 5.73 Å². The molecule has 0 aliphatic heterocycles. The van der Waals surface area contributed by atoms with Crippen molar-refractivity contribution in [3.8, 4) is 0 Å². The lowest BCUT2D eigenvalue weighted by Crippen LogP contribution is -2.16. The molecular formula is C13H18FN3. The maximum atomic E-state index is 13.1. The van der Waals surface area contributed by atoms with Gasteiger partial charge in [-0.05, 0) is 18.6 Å². The molecule has 1 aromatic carbocycles. The Morgan fingerprint density at radius 1 is 1.47 bits per heavy atom. The van der Waals surface area contributed by atoms with E-state index >= 15 is 0 Å². The third kappa shape index (κ3) is 2.17. The van der Waals surface area contributed by atoms with Crippen LogP contribution in [0.1, 0.15) is 31.5 Å². The van der Waals surface area contributed by atoms with E-state index in [1.807, 2.05) is 11.6 Å². The van der Waals surface area contributed by atoms with Gasteiger partial charge in [0.05, 0.1) is 11.0 Å². The van der Waals surface area contributed by atoms with Crippen LogP contribution in [0.25, 0.3) is 11.0 Å². The number of aryl methyl sites for hydroxylation is 1.